The molecule has 6 aromatic rings. The van der Waals surface area contributed by atoms with Crippen LogP contribution >= 0.6 is 0 Å². The third kappa shape index (κ3) is 4.85. The minimum Gasteiger partial charge on any atom is -0.507 e. The molecule has 0 atom stereocenters. The smallest absolute Gasteiger partial charge is 0.149 e. The second-order valence-corrected chi connectivity index (χ2v) is 11.1. The first kappa shape index (κ1) is 22.6. The molecule has 5 nitrogen and oxygen atoms in total. The first-order chi connectivity index (χ1) is 20.9. The van der Waals surface area contributed by atoms with E-state index in [0.29, 0.717) is 39.3 Å². The Kier molecular flexibility index (Phi) is 5.55. The number of aromatic hydroxyl groups is 1. The molecule has 2 heterocycles. The molecule has 0 radical (unpaired) electrons. The van der Waals surface area contributed by atoms with Crippen LogP contribution in [0.15, 0.2) is 103 Å². The van der Waals surface area contributed by atoms with Crippen molar-refractivity contribution in [3.05, 3.63) is 120 Å². The molecule has 0 aliphatic carbocycles. The van der Waals surface area contributed by atoms with Crippen molar-refractivity contribution in [1.82, 2.24) is 14.5 Å². The summed E-state index contributed by atoms with van der Waals surface area (Å²) in [7, 11) is 0. The van der Waals surface area contributed by atoms with Crippen molar-refractivity contribution < 1.29 is 9.22 Å². The number of nitrogens with zero attached hydrogens (tertiary/aromatic N) is 4. The van der Waals surface area contributed by atoms with Crippen LogP contribution in [0.2, 0.25) is 0 Å². The van der Waals surface area contributed by atoms with Crippen LogP contribution in [0, 0.1) is 18.2 Å². The Morgan fingerprint density at radius 3 is 2.41 bits per heavy atom. The Morgan fingerprint density at radius 1 is 0.854 bits per heavy atom. The van der Waals surface area contributed by atoms with Gasteiger partial charge in [0, 0.05) is 27.1 Å². The standard InChI is InChI=1S/C36H30N4O/c1-23-17-25(20-26(18-23)31-19-24(22-37)15-16-38-31)29-11-8-12-32-34(29)39-35(40(32)28-9-6-5-7-10-28)30-21-27(36(2,3)4)13-14-33(30)41/h5-21,41H,1-4H3/i1D3. The Balaban J connectivity index is 1.66. The maximum absolute atomic E-state index is 11.1. The minimum atomic E-state index is -2.38. The van der Waals surface area contributed by atoms with Crippen molar-refractivity contribution in [3.63, 3.8) is 0 Å². The van der Waals surface area contributed by atoms with Gasteiger partial charge in [0.1, 0.15) is 11.6 Å². The zero-order valence-electron chi connectivity index (χ0n) is 26.1. The molecule has 200 valence electrons. The zero-order valence-corrected chi connectivity index (χ0v) is 23.1. The van der Waals surface area contributed by atoms with Crippen molar-refractivity contribution in [2.45, 2.75) is 33.0 Å². The summed E-state index contributed by atoms with van der Waals surface area (Å²) >= 11 is 0. The van der Waals surface area contributed by atoms with Gasteiger partial charge < -0.3 is 5.11 Å². The Morgan fingerprint density at radius 2 is 1.66 bits per heavy atom. The SMILES string of the molecule is [2H]C([2H])([2H])c1cc(-c2cc(C#N)ccn2)cc(-c2cccc3c2nc(-c2cc(C(C)(C)C)ccc2O)n3-c2ccccc2)c1. The molecule has 41 heavy (non-hydrogen) atoms. The molecule has 0 fully saturated rings. The van der Waals surface area contributed by atoms with E-state index < -0.39 is 6.85 Å². The summed E-state index contributed by atoms with van der Waals surface area (Å²) in [6.45, 7) is 3.99. The van der Waals surface area contributed by atoms with Crippen LogP contribution in [-0.4, -0.2) is 19.6 Å². The number of pyridine rings is 1. The van der Waals surface area contributed by atoms with Crippen molar-refractivity contribution in [1.29, 1.82) is 5.26 Å². The Hall–Kier alpha value is -5.21. The van der Waals surface area contributed by atoms with Gasteiger partial charge in [0.15, 0.2) is 0 Å². The lowest BCUT2D eigenvalue weighted by Crippen LogP contribution is -2.11. The first-order valence-electron chi connectivity index (χ1n) is 14.9. The lowest BCUT2D eigenvalue weighted by atomic mass is 9.86. The minimum absolute atomic E-state index is 0.113. The number of benzene rings is 4. The van der Waals surface area contributed by atoms with Gasteiger partial charge in [0.2, 0.25) is 0 Å². The highest BCUT2D eigenvalue weighted by Crippen LogP contribution is 2.39. The molecule has 1 N–H and O–H groups in total. The first-order valence-corrected chi connectivity index (χ1v) is 13.4. The number of rotatable bonds is 4. The number of fused-ring (bicyclic) bond motifs is 1. The second kappa shape index (κ2) is 10.1. The maximum Gasteiger partial charge on any atom is 0.149 e. The van der Waals surface area contributed by atoms with Crippen LogP contribution in [0.25, 0.3) is 50.5 Å². The van der Waals surface area contributed by atoms with E-state index in [1.807, 2.05) is 71.3 Å². The largest absolute Gasteiger partial charge is 0.507 e. The number of hydrogen-bond acceptors (Lipinski definition) is 4. The van der Waals surface area contributed by atoms with Crippen LogP contribution in [-0.2, 0) is 5.41 Å². The predicted octanol–water partition coefficient (Wildman–Crippen LogP) is 8.60. The molecule has 4 aromatic carbocycles. The van der Waals surface area contributed by atoms with E-state index in [9.17, 15) is 10.4 Å². The molecule has 0 bridgehead atoms. The number of imidazole rings is 1. The van der Waals surface area contributed by atoms with Crippen molar-refractivity contribution in [2.24, 2.45) is 0 Å². The molecule has 0 saturated heterocycles. The summed E-state index contributed by atoms with van der Waals surface area (Å²) < 4.78 is 26.6. The molecular formula is C36H30N4O. The number of aromatic nitrogens is 3. The quantitative estimate of drug-likeness (QED) is 0.244. The number of para-hydroxylation sites is 2. The van der Waals surface area contributed by atoms with Crippen LogP contribution in [0.5, 0.6) is 5.75 Å². The van der Waals surface area contributed by atoms with E-state index in [0.717, 1.165) is 22.3 Å². The summed E-state index contributed by atoms with van der Waals surface area (Å²) in [4.78, 5) is 9.58. The van der Waals surface area contributed by atoms with Gasteiger partial charge in [-0.2, -0.15) is 5.26 Å². The van der Waals surface area contributed by atoms with E-state index in [4.69, 9.17) is 9.10 Å². The van der Waals surface area contributed by atoms with Gasteiger partial charge in [-0.3, -0.25) is 9.55 Å². The fourth-order valence-electron chi connectivity index (χ4n) is 5.12. The van der Waals surface area contributed by atoms with Crippen LogP contribution in [0.1, 0.15) is 41.6 Å². The molecule has 2 aromatic heterocycles. The molecule has 0 aliphatic heterocycles. The fourth-order valence-corrected chi connectivity index (χ4v) is 5.12. The maximum atomic E-state index is 11.1. The molecule has 0 amide bonds. The van der Waals surface area contributed by atoms with Gasteiger partial charge in [-0.15, -0.1) is 0 Å². The summed E-state index contributed by atoms with van der Waals surface area (Å²) in [6.07, 6.45) is 1.54. The van der Waals surface area contributed by atoms with Crippen LogP contribution in [0.3, 0.4) is 0 Å². The molecule has 0 unspecified atom stereocenters. The van der Waals surface area contributed by atoms with Gasteiger partial charge >= 0.3 is 0 Å². The summed E-state index contributed by atoms with van der Waals surface area (Å²) in [5.74, 6) is 0.681. The number of phenolic OH excluding ortho intramolecular Hbond substituents is 1. The van der Waals surface area contributed by atoms with Gasteiger partial charge in [-0.05, 0) is 83.6 Å². The zero-order chi connectivity index (χ0) is 31.2. The van der Waals surface area contributed by atoms with E-state index >= 15 is 0 Å². The third-order valence-electron chi connectivity index (χ3n) is 7.23. The van der Waals surface area contributed by atoms with Crippen molar-refractivity contribution >= 4 is 11.0 Å². The van der Waals surface area contributed by atoms with Crippen LogP contribution in [0.4, 0.5) is 0 Å². The number of phenols is 1. The van der Waals surface area contributed by atoms with E-state index in [2.05, 4.69) is 31.8 Å². The molecule has 0 saturated carbocycles. The fraction of sp³-hybridized carbons (Fsp3) is 0.139. The number of hydrogen-bond donors (Lipinski definition) is 1. The molecule has 6 rings (SSSR count). The van der Waals surface area contributed by atoms with Crippen molar-refractivity contribution in [2.75, 3.05) is 0 Å². The number of aryl methyl sites for hydroxylation is 1. The van der Waals surface area contributed by atoms with E-state index in [1.54, 1.807) is 36.5 Å². The Labute approximate surface area is 244 Å². The van der Waals surface area contributed by atoms with Gasteiger partial charge in [0.05, 0.1) is 33.9 Å². The Bertz CT molecular complexity index is 2070. The second-order valence-electron chi connectivity index (χ2n) is 11.1. The molecule has 5 heteroatoms. The number of nitriles is 1. The summed E-state index contributed by atoms with van der Waals surface area (Å²) in [5, 5.41) is 20.6. The average molecular weight is 538 g/mol. The predicted molar refractivity (Wildman–Crippen MR) is 165 cm³/mol. The molecular weight excluding hydrogens is 504 g/mol. The van der Waals surface area contributed by atoms with E-state index in [-0.39, 0.29) is 16.7 Å². The van der Waals surface area contributed by atoms with Crippen molar-refractivity contribution in [3.8, 4) is 51.3 Å². The average Bonchev–Trinajstić information content (AvgIpc) is 3.40. The van der Waals surface area contributed by atoms with Gasteiger partial charge in [-0.25, -0.2) is 4.98 Å². The lowest BCUT2D eigenvalue weighted by Gasteiger charge is -2.20. The third-order valence-corrected chi connectivity index (χ3v) is 7.23. The lowest BCUT2D eigenvalue weighted by molar-refractivity contribution is 0.475. The summed E-state index contributed by atoms with van der Waals surface area (Å²) in [6, 6.07) is 31.8. The normalized spacial score (nSPS) is 12.9. The topological polar surface area (TPSA) is 74.7 Å². The highest BCUT2D eigenvalue weighted by Gasteiger charge is 2.22. The highest BCUT2D eigenvalue weighted by atomic mass is 16.3. The molecule has 0 spiro atoms. The van der Waals surface area contributed by atoms with Gasteiger partial charge in [0.25, 0.3) is 0 Å². The highest BCUT2D eigenvalue weighted by molar-refractivity contribution is 5.96. The van der Waals surface area contributed by atoms with Gasteiger partial charge in [-0.1, -0.05) is 63.2 Å². The monoisotopic (exact) mass is 537 g/mol. The summed E-state index contributed by atoms with van der Waals surface area (Å²) in [5.41, 5.74) is 6.88. The molecule has 0 aliphatic rings. The van der Waals surface area contributed by atoms with E-state index in [1.165, 1.54) is 0 Å². The van der Waals surface area contributed by atoms with Crippen LogP contribution < -0.4 is 0 Å².